The number of para-hydroxylation sites is 2. The fraction of sp³-hybridized carbons (Fsp3) is 0.419. The zero-order valence-electron chi connectivity index (χ0n) is 21.0. The molecule has 2 saturated heterocycles. The van der Waals surface area contributed by atoms with E-state index in [2.05, 4.69) is 115 Å². The van der Waals surface area contributed by atoms with E-state index in [4.69, 9.17) is 0 Å². The standard InChI is InChI=1S/C31H39N3/c1-24-11-10-12-25(2)30(24)29-23-28(17-22-33(29)31(3)18-20-32-21-19-31)34(26-13-6-4-7-14-26)27-15-8-5-9-16-27/h4-16,28-29,32H,17-23H2,1-3H3. The molecule has 0 radical (unpaired) electrons. The maximum absolute atomic E-state index is 3.59. The van der Waals surface area contributed by atoms with Crippen LogP contribution in [-0.4, -0.2) is 36.1 Å². The van der Waals surface area contributed by atoms with Crippen molar-refractivity contribution in [1.29, 1.82) is 0 Å². The number of rotatable bonds is 5. The first-order valence-corrected chi connectivity index (χ1v) is 13.0. The van der Waals surface area contributed by atoms with Crippen molar-refractivity contribution < 1.29 is 0 Å². The molecule has 3 aromatic carbocycles. The highest BCUT2D eigenvalue weighted by atomic mass is 15.3. The predicted molar refractivity (Wildman–Crippen MR) is 144 cm³/mol. The molecule has 2 aliphatic rings. The summed E-state index contributed by atoms with van der Waals surface area (Å²) < 4.78 is 0. The van der Waals surface area contributed by atoms with Gasteiger partial charge in [-0.15, -0.1) is 0 Å². The van der Waals surface area contributed by atoms with Crippen LogP contribution in [0.15, 0.2) is 78.9 Å². The lowest BCUT2D eigenvalue weighted by atomic mass is 9.79. The summed E-state index contributed by atoms with van der Waals surface area (Å²) in [6.45, 7) is 10.5. The van der Waals surface area contributed by atoms with Crippen LogP contribution in [0.1, 0.15) is 55.3 Å². The lowest BCUT2D eigenvalue weighted by Gasteiger charge is -2.53. The first-order valence-electron chi connectivity index (χ1n) is 13.0. The van der Waals surface area contributed by atoms with E-state index in [1.165, 1.54) is 41.8 Å². The summed E-state index contributed by atoms with van der Waals surface area (Å²) >= 11 is 0. The molecule has 2 aliphatic heterocycles. The first kappa shape index (κ1) is 23.1. The fourth-order valence-corrected chi connectivity index (χ4v) is 6.45. The van der Waals surface area contributed by atoms with E-state index in [0.29, 0.717) is 12.1 Å². The van der Waals surface area contributed by atoms with Crippen molar-refractivity contribution in [3.63, 3.8) is 0 Å². The van der Waals surface area contributed by atoms with Crippen molar-refractivity contribution in [2.45, 2.75) is 64.1 Å². The van der Waals surface area contributed by atoms with Gasteiger partial charge in [-0.2, -0.15) is 0 Å². The molecule has 3 aromatic rings. The van der Waals surface area contributed by atoms with E-state index in [1.54, 1.807) is 5.56 Å². The van der Waals surface area contributed by atoms with Crippen molar-refractivity contribution in [2.75, 3.05) is 24.5 Å². The van der Waals surface area contributed by atoms with Crippen LogP contribution >= 0.6 is 0 Å². The van der Waals surface area contributed by atoms with Gasteiger partial charge in [0.25, 0.3) is 0 Å². The van der Waals surface area contributed by atoms with Gasteiger partial charge in [0.05, 0.1) is 0 Å². The number of likely N-dealkylation sites (tertiary alicyclic amines) is 1. The van der Waals surface area contributed by atoms with Crippen LogP contribution in [0.3, 0.4) is 0 Å². The summed E-state index contributed by atoms with van der Waals surface area (Å²) in [6.07, 6.45) is 4.76. The SMILES string of the molecule is Cc1cccc(C)c1C1CC(N(c2ccccc2)c2ccccc2)CCN1C1(C)CCNCC1. The predicted octanol–water partition coefficient (Wildman–Crippen LogP) is 6.79. The van der Waals surface area contributed by atoms with Crippen molar-refractivity contribution in [3.05, 3.63) is 95.6 Å². The van der Waals surface area contributed by atoms with Crippen molar-refractivity contribution in [1.82, 2.24) is 10.2 Å². The smallest absolute Gasteiger partial charge is 0.0413 e. The van der Waals surface area contributed by atoms with Crippen LogP contribution in [0.4, 0.5) is 11.4 Å². The number of aryl methyl sites for hydroxylation is 2. The van der Waals surface area contributed by atoms with E-state index < -0.39 is 0 Å². The summed E-state index contributed by atoms with van der Waals surface area (Å²) in [5, 5.41) is 3.59. The molecule has 178 valence electrons. The number of nitrogens with zero attached hydrogens (tertiary/aromatic N) is 2. The Hall–Kier alpha value is -2.62. The molecular weight excluding hydrogens is 414 g/mol. The Morgan fingerprint density at radius 2 is 1.35 bits per heavy atom. The molecule has 5 rings (SSSR count). The molecule has 0 amide bonds. The summed E-state index contributed by atoms with van der Waals surface area (Å²) in [5.74, 6) is 0. The molecule has 2 atom stereocenters. The van der Waals surface area contributed by atoms with Gasteiger partial charge >= 0.3 is 0 Å². The van der Waals surface area contributed by atoms with Crippen molar-refractivity contribution >= 4 is 11.4 Å². The Morgan fingerprint density at radius 3 is 1.91 bits per heavy atom. The number of hydrogen-bond acceptors (Lipinski definition) is 3. The van der Waals surface area contributed by atoms with Gasteiger partial charge in [0.1, 0.15) is 0 Å². The van der Waals surface area contributed by atoms with Gasteiger partial charge in [-0.05, 0) is 100 Å². The molecular formula is C31H39N3. The Labute approximate surface area is 205 Å². The second-order valence-electron chi connectivity index (χ2n) is 10.5. The first-order chi connectivity index (χ1) is 16.6. The molecule has 0 spiro atoms. The van der Waals surface area contributed by atoms with Gasteiger partial charge in [0.15, 0.2) is 0 Å². The summed E-state index contributed by atoms with van der Waals surface area (Å²) in [7, 11) is 0. The monoisotopic (exact) mass is 453 g/mol. The maximum atomic E-state index is 3.59. The van der Waals surface area contributed by atoms with Crippen LogP contribution in [0.2, 0.25) is 0 Å². The fourth-order valence-electron chi connectivity index (χ4n) is 6.45. The van der Waals surface area contributed by atoms with Gasteiger partial charge in [0.2, 0.25) is 0 Å². The van der Waals surface area contributed by atoms with Gasteiger partial charge in [-0.25, -0.2) is 0 Å². The Bertz CT molecular complexity index is 1010. The van der Waals surface area contributed by atoms with E-state index in [9.17, 15) is 0 Å². The van der Waals surface area contributed by atoms with Crippen LogP contribution in [0.25, 0.3) is 0 Å². The quantitative estimate of drug-likeness (QED) is 0.459. The van der Waals surface area contributed by atoms with Gasteiger partial charge in [-0.1, -0.05) is 54.6 Å². The second kappa shape index (κ2) is 9.93. The topological polar surface area (TPSA) is 18.5 Å². The van der Waals surface area contributed by atoms with Gasteiger partial charge in [-0.3, -0.25) is 4.90 Å². The second-order valence-corrected chi connectivity index (χ2v) is 10.5. The average Bonchev–Trinajstić information content (AvgIpc) is 2.86. The van der Waals surface area contributed by atoms with E-state index in [1.807, 2.05) is 0 Å². The Morgan fingerprint density at radius 1 is 0.794 bits per heavy atom. The Kier molecular flexibility index (Phi) is 6.76. The largest absolute Gasteiger partial charge is 0.338 e. The van der Waals surface area contributed by atoms with Crippen molar-refractivity contribution in [3.8, 4) is 0 Å². The van der Waals surface area contributed by atoms with Crippen LogP contribution in [0, 0.1) is 13.8 Å². The maximum Gasteiger partial charge on any atom is 0.0413 e. The molecule has 0 saturated carbocycles. The molecule has 3 heteroatoms. The third-order valence-corrected chi connectivity index (χ3v) is 8.26. The van der Waals surface area contributed by atoms with Gasteiger partial charge < -0.3 is 10.2 Å². The summed E-state index contributed by atoms with van der Waals surface area (Å²) in [6, 6.07) is 29.7. The molecule has 3 nitrogen and oxygen atoms in total. The van der Waals surface area contributed by atoms with Crippen molar-refractivity contribution in [2.24, 2.45) is 0 Å². The van der Waals surface area contributed by atoms with E-state index in [0.717, 1.165) is 26.1 Å². The number of nitrogens with one attached hydrogen (secondary N) is 1. The summed E-state index contributed by atoms with van der Waals surface area (Å²) in [5.41, 5.74) is 7.24. The highest BCUT2D eigenvalue weighted by molar-refractivity contribution is 5.64. The van der Waals surface area contributed by atoms with E-state index >= 15 is 0 Å². The van der Waals surface area contributed by atoms with Crippen LogP contribution < -0.4 is 10.2 Å². The number of hydrogen-bond donors (Lipinski definition) is 1. The minimum absolute atomic E-state index is 0.250. The third kappa shape index (κ3) is 4.52. The van der Waals surface area contributed by atoms with Crippen LogP contribution in [0.5, 0.6) is 0 Å². The lowest BCUT2D eigenvalue weighted by molar-refractivity contribution is 0.00160. The van der Waals surface area contributed by atoms with Gasteiger partial charge in [0, 0.05) is 35.5 Å². The zero-order valence-corrected chi connectivity index (χ0v) is 21.0. The molecule has 0 aliphatic carbocycles. The minimum atomic E-state index is 0.250. The highest BCUT2D eigenvalue weighted by Gasteiger charge is 2.43. The Balaban J connectivity index is 1.56. The molecule has 2 heterocycles. The molecule has 0 bridgehead atoms. The molecule has 2 unspecified atom stereocenters. The summed E-state index contributed by atoms with van der Waals surface area (Å²) in [4.78, 5) is 5.48. The number of anilines is 2. The minimum Gasteiger partial charge on any atom is -0.338 e. The zero-order chi connectivity index (χ0) is 23.5. The highest BCUT2D eigenvalue weighted by Crippen LogP contribution is 2.45. The van der Waals surface area contributed by atoms with E-state index in [-0.39, 0.29) is 5.54 Å². The molecule has 1 N–H and O–H groups in total. The average molecular weight is 454 g/mol. The molecule has 34 heavy (non-hydrogen) atoms. The molecule has 0 aromatic heterocycles. The number of benzene rings is 3. The van der Waals surface area contributed by atoms with Crippen LogP contribution in [-0.2, 0) is 0 Å². The number of piperidine rings is 2. The molecule has 2 fully saturated rings. The third-order valence-electron chi connectivity index (χ3n) is 8.26. The lowest BCUT2D eigenvalue weighted by Crippen LogP contribution is -2.58. The normalized spacial score (nSPS) is 22.9.